The highest BCUT2D eigenvalue weighted by molar-refractivity contribution is 9.10. The monoisotopic (exact) mass is 327 g/mol. The third kappa shape index (κ3) is 2.02. The van der Waals surface area contributed by atoms with Crippen LogP contribution >= 0.6 is 15.9 Å². The molecule has 2 aliphatic heterocycles. The summed E-state index contributed by atoms with van der Waals surface area (Å²) in [6.07, 6.45) is 2.66. The van der Waals surface area contributed by atoms with Crippen LogP contribution in [0.1, 0.15) is 41.5 Å². The van der Waals surface area contributed by atoms with Gasteiger partial charge in [-0.1, -0.05) is 52.3 Å². The van der Waals surface area contributed by atoms with Crippen molar-refractivity contribution in [1.82, 2.24) is 4.90 Å². The minimum atomic E-state index is 0.522. The number of benzene rings is 2. The van der Waals surface area contributed by atoms with E-state index in [2.05, 4.69) is 69.4 Å². The van der Waals surface area contributed by atoms with E-state index in [9.17, 15) is 0 Å². The first-order chi connectivity index (χ1) is 9.83. The summed E-state index contributed by atoms with van der Waals surface area (Å²) >= 11 is 3.54. The van der Waals surface area contributed by atoms with Crippen LogP contribution in [0.25, 0.3) is 0 Å². The average Bonchev–Trinajstić information content (AvgIpc) is 2.96. The van der Waals surface area contributed by atoms with Gasteiger partial charge in [-0.25, -0.2) is 0 Å². The maximum absolute atomic E-state index is 3.54. The molecule has 0 spiro atoms. The summed E-state index contributed by atoms with van der Waals surface area (Å²) in [4.78, 5) is 2.68. The highest BCUT2D eigenvalue weighted by atomic mass is 79.9. The maximum Gasteiger partial charge on any atom is 0.0351 e. The Morgan fingerprint density at radius 2 is 1.70 bits per heavy atom. The number of fused-ring (bicyclic) bond motifs is 3. The largest absolute Gasteiger partial charge is 0.295 e. The van der Waals surface area contributed by atoms with Gasteiger partial charge in [0.2, 0.25) is 0 Å². The van der Waals surface area contributed by atoms with Gasteiger partial charge >= 0.3 is 0 Å². The summed E-state index contributed by atoms with van der Waals surface area (Å²) in [5.74, 6) is 0.522. The number of hydrogen-bond acceptors (Lipinski definition) is 1. The molecular weight excluding hydrogens is 310 g/mol. The van der Waals surface area contributed by atoms with E-state index in [1.807, 2.05) is 0 Å². The van der Waals surface area contributed by atoms with Crippen LogP contribution in [0.15, 0.2) is 53.0 Å². The zero-order valence-corrected chi connectivity index (χ0v) is 13.0. The highest BCUT2D eigenvalue weighted by Crippen LogP contribution is 2.44. The van der Waals surface area contributed by atoms with E-state index >= 15 is 0 Å². The summed E-state index contributed by atoms with van der Waals surface area (Å²) < 4.78 is 1.16. The van der Waals surface area contributed by atoms with Crippen LogP contribution in [0.2, 0.25) is 0 Å². The lowest BCUT2D eigenvalue weighted by Gasteiger charge is -2.37. The molecule has 20 heavy (non-hydrogen) atoms. The Kier molecular flexibility index (Phi) is 3.16. The van der Waals surface area contributed by atoms with E-state index in [-0.39, 0.29) is 0 Å². The quantitative estimate of drug-likeness (QED) is 0.731. The van der Waals surface area contributed by atoms with Gasteiger partial charge in [0, 0.05) is 23.0 Å². The molecule has 2 heteroatoms. The molecule has 2 aromatic carbocycles. The molecule has 0 aromatic heterocycles. The Balaban J connectivity index is 1.80. The Morgan fingerprint density at radius 1 is 0.950 bits per heavy atom. The third-order valence-corrected chi connectivity index (χ3v) is 5.31. The van der Waals surface area contributed by atoms with Gasteiger partial charge < -0.3 is 0 Å². The Bertz CT molecular complexity index is 620. The van der Waals surface area contributed by atoms with Crippen LogP contribution < -0.4 is 0 Å². The molecule has 2 aromatic rings. The third-order valence-electron chi connectivity index (χ3n) is 4.78. The SMILES string of the molecule is Brc1ccc([C@H]2CN3CCC[C@H]3c3ccccc32)cc1. The molecule has 2 aliphatic rings. The van der Waals surface area contributed by atoms with E-state index < -0.39 is 0 Å². The highest BCUT2D eigenvalue weighted by Gasteiger charge is 2.35. The van der Waals surface area contributed by atoms with Crippen molar-refractivity contribution in [3.8, 4) is 0 Å². The first-order valence-corrected chi connectivity index (χ1v) is 8.20. The van der Waals surface area contributed by atoms with Crippen LogP contribution in [0.3, 0.4) is 0 Å². The van der Waals surface area contributed by atoms with Crippen molar-refractivity contribution in [2.75, 3.05) is 13.1 Å². The Labute approximate surface area is 128 Å². The van der Waals surface area contributed by atoms with E-state index in [4.69, 9.17) is 0 Å². The molecule has 0 N–H and O–H groups in total. The zero-order chi connectivity index (χ0) is 13.5. The predicted octanol–water partition coefficient (Wildman–Crippen LogP) is 4.73. The van der Waals surface area contributed by atoms with E-state index in [1.165, 1.54) is 37.1 Å². The van der Waals surface area contributed by atoms with Crippen molar-refractivity contribution in [1.29, 1.82) is 0 Å². The minimum absolute atomic E-state index is 0.522. The van der Waals surface area contributed by atoms with Gasteiger partial charge in [0.25, 0.3) is 0 Å². The Morgan fingerprint density at radius 3 is 2.50 bits per heavy atom. The van der Waals surface area contributed by atoms with Crippen LogP contribution in [0.5, 0.6) is 0 Å². The second kappa shape index (κ2) is 5.01. The molecule has 0 amide bonds. The number of halogens is 1. The summed E-state index contributed by atoms with van der Waals surface area (Å²) in [6, 6.07) is 18.6. The second-order valence-electron chi connectivity index (χ2n) is 5.89. The molecule has 0 bridgehead atoms. The van der Waals surface area contributed by atoms with Crippen LogP contribution in [-0.4, -0.2) is 18.0 Å². The van der Waals surface area contributed by atoms with Crippen LogP contribution in [0, 0.1) is 0 Å². The van der Waals surface area contributed by atoms with Crippen molar-refractivity contribution < 1.29 is 0 Å². The van der Waals surface area contributed by atoms with E-state index in [1.54, 1.807) is 5.56 Å². The molecule has 1 nitrogen and oxygen atoms in total. The molecule has 0 unspecified atom stereocenters. The van der Waals surface area contributed by atoms with Gasteiger partial charge in [-0.05, 0) is 48.2 Å². The number of hydrogen-bond donors (Lipinski definition) is 0. The van der Waals surface area contributed by atoms with Gasteiger partial charge in [-0.3, -0.25) is 4.90 Å². The van der Waals surface area contributed by atoms with Crippen molar-refractivity contribution in [3.05, 3.63) is 69.7 Å². The summed E-state index contributed by atoms with van der Waals surface area (Å²) in [6.45, 7) is 2.43. The molecular formula is C18H18BrN. The lowest BCUT2D eigenvalue weighted by molar-refractivity contribution is 0.230. The zero-order valence-electron chi connectivity index (χ0n) is 11.4. The molecule has 0 radical (unpaired) electrons. The van der Waals surface area contributed by atoms with Crippen LogP contribution in [-0.2, 0) is 0 Å². The molecule has 4 rings (SSSR count). The molecule has 0 aliphatic carbocycles. The number of nitrogens with zero attached hydrogens (tertiary/aromatic N) is 1. The van der Waals surface area contributed by atoms with Crippen molar-refractivity contribution >= 4 is 15.9 Å². The van der Waals surface area contributed by atoms with E-state index in [0.717, 1.165) is 4.47 Å². The standard InChI is InChI=1S/C18H18BrN/c19-14-9-7-13(8-10-14)17-12-20-11-3-6-18(20)16-5-2-1-4-15(16)17/h1-2,4-5,7-10,17-18H,3,6,11-12H2/t17-,18+/m1/s1. The lowest BCUT2D eigenvalue weighted by atomic mass is 9.82. The molecule has 102 valence electrons. The summed E-state index contributed by atoms with van der Waals surface area (Å²) in [5.41, 5.74) is 4.54. The molecule has 0 saturated carbocycles. The van der Waals surface area contributed by atoms with Crippen molar-refractivity contribution in [3.63, 3.8) is 0 Å². The fourth-order valence-corrected chi connectivity index (χ4v) is 4.11. The maximum atomic E-state index is 3.54. The van der Waals surface area contributed by atoms with Gasteiger partial charge in [0.05, 0.1) is 0 Å². The fraction of sp³-hybridized carbons (Fsp3) is 0.333. The summed E-state index contributed by atoms with van der Waals surface area (Å²) in [5, 5.41) is 0. The molecule has 2 atom stereocenters. The fourth-order valence-electron chi connectivity index (χ4n) is 3.84. The van der Waals surface area contributed by atoms with Crippen molar-refractivity contribution in [2.24, 2.45) is 0 Å². The number of rotatable bonds is 1. The summed E-state index contributed by atoms with van der Waals surface area (Å²) in [7, 11) is 0. The minimum Gasteiger partial charge on any atom is -0.295 e. The van der Waals surface area contributed by atoms with Crippen LogP contribution in [0.4, 0.5) is 0 Å². The lowest BCUT2D eigenvalue weighted by Crippen LogP contribution is -2.34. The first-order valence-electron chi connectivity index (χ1n) is 7.41. The predicted molar refractivity (Wildman–Crippen MR) is 86.0 cm³/mol. The second-order valence-corrected chi connectivity index (χ2v) is 6.80. The van der Waals surface area contributed by atoms with Gasteiger partial charge in [-0.15, -0.1) is 0 Å². The topological polar surface area (TPSA) is 3.24 Å². The van der Waals surface area contributed by atoms with E-state index in [0.29, 0.717) is 12.0 Å². The first kappa shape index (κ1) is 12.6. The molecule has 1 saturated heterocycles. The molecule has 2 heterocycles. The average molecular weight is 328 g/mol. The molecule has 1 fully saturated rings. The normalized spacial score (nSPS) is 25.2. The van der Waals surface area contributed by atoms with Gasteiger partial charge in [-0.2, -0.15) is 0 Å². The van der Waals surface area contributed by atoms with Gasteiger partial charge in [0.15, 0.2) is 0 Å². The Hall–Kier alpha value is -1.12. The van der Waals surface area contributed by atoms with Crippen molar-refractivity contribution in [2.45, 2.75) is 24.8 Å². The smallest absolute Gasteiger partial charge is 0.0351 e. The van der Waals surface area contributed by atoms with Gasteiger partial charge in [0.1, 0.15) is 0 Å².